The maximum absolute atomic E-state index is 5.66. The molecule has 0 aliphatic heterocycles. The fraction of sp³-hybridized carbons (Fsp3) is 0.385. The number of halogens is 1. The summed E-state index contributed by atoms with van der Waals surface area (Å²) in [4.78, 5) is 0. The van der Waals surface area contributed by atoms with Gasteiger partial charge in [-0.3, -0.25) is 0 Å². The SMILES string of the molecule is CC(CCl)COCC=Cc1ccccc1. The maximum atomic E-state index is 5.66. The lowest BCUT2D eigenvalue weighted by molar-refractivity contribution is 0.136. The smallest absolute Gasteiger partial charge is 0.0650 e. The first kappa shape index (κ1) is 12.3. The highest BCUT2D eigenvalue weighted by molar-refractivity contribution is 6.18. The predicted octanol–water partition coefficient (Wildman–Crippen LogP) is 3.59. The van der Waals surface area contributed by atoms with Crippen molar-refractivity contribution in [1.29, 1.82) is 0 Å². The van der Waals surface area contributed by atoms with E-state index < -0.39 is 0 Å². The highest BCUT2D eigenvalue weighted by Gasteiger charge is 1.97. The third-order valence-corrected chi connectivity index (χ3v) is 2.52. The summed E-state index contributed by atoms with van der Waals surface area (Å²) in [6, 6.07) is 10.2. The second-order valence-corrected chi connectivity index (χ2v) is 3.92. The Balaban J connectivity index is 2.18. The number of ether oxygens (including phenoxy) is 1. The van der Waals surface area contributed by atoms with E-state index >= 15 is 0 Å². The molecular formula is C13H17ClO. The van der Waals surface area contributed by atoms with Crippen LogP contribution in [0.25, 0.3) is 6.08 Å². The molecule has 15 heavy (non-hydrogen) atoms. The minimum Gasteiger partial charge on any atom is -0.377 e. The molecule has 0 aliphatic rings. The van der Waals surface area contributed by atoms with E-state index in [2.05, 4.69) is 25.1 Å². The van der Waals surface area contributed by atoms with Gasteiger partial charge in [0.05, 0.1) is 13.2 Å². The first-order valence-corrected chi connectivity index (χ1v) is 5.71. The van der Waals surface area contributed by atoms with Crippen LogP contribution >= 0.6 is 11.6 Å². The molecule has 2 heteroatoms. The maximum Gasteiger partial charge on any atom is 0.0650 e. The van der Waals surface area contributed by atoms with E-state index in [0.717, 1.165) is 6.61 Å². The summed E-state index contributed by atoms with van der Waals surface area (Å²) in [5, 5.41) is 0. The number of rotatable bonds is 6. The quantitative estimate of drug-likeness (QED) is 0.530. The molecule has 0 fully saturated rings. The fourth-order valence-corrected chi connectivity index (χ4v) is 1.22. The van der Waals surface area contributed by atoms with Crippen LogP contribution in [0.15, 0.2) is 36.4 Å². The van der Waals surface area contributed by atoms with E-state index in [0.29, 0.717) is 18.4 Å². The Morgan fingerprint density at radius 3 is 2.73 bits per heavy atom. The molecule has 1 rings (SSSR count). The minimum atomic E-state index is 0.428. The monoisotopic (exact) mass is 224 g/mol. The molecule has 1 aromatic carbocycles. The van der Waals surface area contributed by atoms with Crippen molar-refractivity contribution in [2.24, 2.45) is 5.92 Å². The van der Waals surface area contributed by atoms with Crippen molar-refractivity contribution in [3.8, 4) is 0 Å². The van der Waals surface area contributed by atoms with Gasteiger partial charge < -0.3 is 4.74 Å². The Bertz CT molecular complexity index is 282. The molecule has 1 nitrogen and oxygen atoms in total. The average molecular weight is 225 g/mol. The van der Waals surface area contributed by atoms with Crippen LogP contribution in [0.2, 0.25) is 0 Å². The fourth-order valence-electron chi connectivity index (χ4n) is 1.13. The Hall–Kier alpha value is -0.790. The second-order valence-electron chi connectivity index (χ2n) is 3.61. The molecule has 0 bridgehead atoms. The Morgan fingerprint density at radius 2 is 2.07 bits per heavy atom. The molecule has 1 aromatic rings. The van der Waals surface area contributed by atoms with Gasteiger partial charge in [-0.15, -0.1) is 11.6 Å². The van der Waals surface area contributed by atoms with Gasteiger partial charge in [-0.05, 0) is 11.5 Å². The molecule has 0 radical (unpaired) electrons. The van der Waals surface area contributed by atoms with Crippen LogP contribution in [-0.4, -0.2) is 19.1 Å². The van der Waals surface area contributed by atoms with Crippen LogP contribution < -0.4 is 0 Å². The van der Waals surface area contributed by atoms with E-state index in [-0.39, 0.29) is 0 Å². The van der Waals surface area contributed by atoms with Crippen molar-refractivity contribution in [1.82, 2.24) is 0 Å². The van der Waals surface area contributed by atoms with Crippen LogP contribution in [0, 0.1) is 5.92 Å². The minimum absolute atomic E-state index is 0.428. The van der Waals surface area contributed by atoms with Gasteiger partial charge in [0.2, 0.25) is 0 Å². The molecule has 82 valence electrons. The topological polar surface area (TPSA) is 9.23 Å². The summed E-state index contributed by atoms with van der Waals surface area (Å²) in [6.07, 6.45) is 4.08. The van der Waals surface area contributed by atoms with Gasteiger partial charge in [-0.25, -0.2) is 0 Å². The van der Waals surface area contributed by atoms with Gasteiger partial charge >= 0.3 is 0 Å². The summed E-state index contributed by atoms with van der Waals surface area (Å²) in [7, 11) is 0. The lowest BCUT2D eigenvalue weighted by Crippen LogP contribution is -2.06. The molecule has 0 aliphatic carbocycles. The molecule has 0 spiro atoms. The standard InChI is InChI=1S/C13H17ClO/c1-12(10-14)11-15-9-5-8-13-6-3-2-4-7-13/h2-8,12H,9-11H2,1H3. The number of hydrogen-bond acceptors (Lipinski definition) is 1. The van der Waals surface area contributed by atoms with E-state index in [1.807, 2.05) is 24.3 Å². The highest BCUT2D eigenvalue weighted by Crippen LogP contribution is 2.01. The van der Waals surface area contributed by atoms with Crippen molar-refractivity contribution in [3.05, 3.63) is 42.0 Å². The lowest BCUT2D eigenvalue weighted by atomic mass is 10.2. The first-order valence-electron chi connectivity index (χ1n) is 5.18. The van der Waals surface area contributed by atoms with Crippen molar-refractivity contribution in [3.63, 3.8) is 0 Å². The van der Waals surface area contributed by atoms with E-state index in [1.165, 1.54) is 5.56 Å². The Labute approximate surface area is 96.7 Å². The Morgan fingerprint density at radius 1 is 1.33 bits per heavy atom. The molecule has 1 unspecified atom stereocenters. The highest BCUT2D eigenvalue weighted by atomic mass is 35.5. The van der Waals surface area contributed by atoms with Gasteiger partial charge in [-0.1, -0.05) is 49.4 Å². The first-order chi connectivity index (χ1) is 7.33. The summed E-state index contributed by atoms with van der Waals surface area (Å²) < 4.78 is 5.44. The zero-order valence-corrected chi connectivity index (χ0v) is 9.78. The molecule has 0 saturated heterocycles. The van der Waals surface area contributed by atoms with Crippen molar-refractivity contribution < 1.29 is 4.74 Å². The molecule has 0 heterocycles. The zero-order valence-electron chi connectivity index (χ0n) is 9.03. The molecule has 0 N–H and O–H groups in total. The van der Waals surface area contributed by atoms with Crippen LogP contribution in [0.1, 0.15) is 12.5 Å². The van der Waals surface area contributed by atoms with Crippen molar-refractivity contribution in [2.45, 2.75) is 6.92 Å². The summed E-state index contributed by atoms with van der Waals surface area (Å²) in [5.74, 6) is 1.08. The van der Waals surface area contributed by atoms with Crippen LogP contribution in [-0.2, 0) is 4.74 Å². The van der Waals surface area contributed by atoms with Crippen LogP contribution in [0.4, 0.5) is 0 Å². The van der Waals surface area contributed by atoms with E-state index in [9.17, 15) is 0 Å². The third kappa shape index (κ3) is 5.60. The average Bonchev–Trinajstić information content (AvgIpc) is 2.29. The molecular weight excluding hydrogens is 208 g/mol. The summed E-state index contributed by atoms with van der Waals surface area (Å²) in [6.45, 7) is 3.45. The summed E-state index contributed by atoms with van der Waals surface area (Å²) in [5.41, 5.74) is 1.20. The van der Waals surface area contributed by atoms with Gasteiger partial charge in [0.25, 0.3) is 0 Å². The van der Waals surface area contributed by atoms with Gasteiger partial charge in [0, 0.05) is 5.88 Å². The molecule has 1 atom stereocenters. The van der Waals surface area contributed by atoms with Gasteiger partial charge in [0.15, 0.2) is 0 Å². The van der Waals surface area contributed by atoms with Crippen LogP contribution in [0.5, 0.6) is 0 Å². The Kier molecular flexibility index (Phi) is 6.14. The molecule has 0 saturated carbocycles. The third-order valence-electron chi connectivity index (χ3n) is 1.99. The van der Waals surface area contributed by atoms with Gasteiger partial charge in [-0.2, -0.15) is 0 Å². The largest absolute Gasteiger partial charge is 0.377 e. The van der Waals surface area contributed by atoms with Crippen molar-refractivity contribution >= 4 is 17.7 Å². The zero-order chi connectivity index (χ0) is 10.9. The van der Waals surface area contributed by atoms with Gasteiger partial charge in [0.1, 0.15) is 0 Å². The number of alkyl halides is 1. The van der Waals surface area contributed by atoms with E-state index in [1.54, 1.807) is 0 Å². The predicted molar refractivity (Wildman–Crippen MR) is 66.2 cm³/mol. The molecule has 0 aromatic heterocycles. The lowest BCUT2D eigenvalue weighted by Gasteiger charge is -2.05. The molecule has 0 amide bonds. The second kappa shape index (κ2) is 7.49. The normalized spacial score (nSPS) is 13.2. The van der Waals surface area contributed by atoms with E-state index in [4.69, 9.17) is 16.3 Å². The number of hydrogen-bond donors (Lipinski definition) is 0. The van der Waals surface area contributed by atoms with Crippen molar-refractivity contribution in [2.75, 3.05) is 19.1 Å². The summed E-state index contributed by atoms with van der Waals surface area (Å²) >= 11 is 5.66. The van der Waals surface area contributed by atoms with Crippen LogP contribution in [0.3, 0.4) is 0 Å². The number of benzene rings is 1.